The van der Waals surface area contributed by atoms with Crippen LogP contribution in [-0.4, -0.2) is 18.8 Å². The molecule has 3 heteroatoms. The fourth-order valence-corrected chi connectivity index (χ4v) is 2.32. The predicted octanol–water partition coefficient (Wildman–Crippen LogP) is 2.44. The van der Waals surface area contributed by atoms with Gasteiger partial charge in [-0.2, -0.15) is 0 Å². The maximum Gasteiger partial charge on any atom is 0.127 e. The normalized spacial score (nSPS) is 16.5. The van der Waals surface area contributed by atoms with Crippen molar-refractivity contribution in [2.75, 3.05) is 13.2 Å². The second-order valence-corrected chi connectivity index (χ2v) is 4.95. The first kappa shape index (κ1) is 12.4. The molecule has 2 N–H and O–H groups in total. The molecule has 1 atom stereocenters. The van der Waals surface area contributed by atoms with Crippen LogP contribution in [0.4, 0.5) is 0 Å². The van der Waals surface area contributed by atoms with Crippen LogP contribution in [0.15, 0.2) is 18.2 Å². The Morgan fingerprint density at radius 2 is 2.24 bits per heavy atom. The summed E-state index contributed by atoms with van der Waals surface area (Å²) < 4.78 is 11.4. The van der Waals surface area contributed by atoms with Crippen molar-refractivity contribution in [1.82, 2.24) is 0 Å². The topological polar surface area (TPSA) is 44.5 Å². The molecule has 1 heterocycles. The highest BCUT2D eigenvalue weighted by atomic mass is 16.5. The Kier molecular flexibility index (Phi) is 3.40. The molecule has 0 radical (unpaired) electrons. The lowest BCUT2D eigenvalue weighted by atomic mass is 9.90. The lowest BCUT2D eigenvalue weighted by Crippen LogP contribution is -2.38. The second-order valence-electron chi connectivity index (χ2n) is 4.95. The van der Waals surface area contributed by atoms with Gasteiger partial charge in [0, 0.05) is 18.6 Å². The average molecular weight is 235 g/mol. The van der Waals surface area contributed by atoms with E-state index in [9.17, 15) is 0 Å². The van der Waals surface area contributed by atoms with Crippen LogP contribution in [0.2, 0.25) is 0 Å². The van der Waals surface area contributed by atoms with Crippen LogP contribution < -0.4 is 10.5 Å². The molecule has 0 aliphatic carbocycles. The van der Waals surface area contributed by atoms with Crippen LogP contribution in [0.3, 0.4) is 0 Å². The minimum atomic E-state index is -0.379. The highest BCUT2D eigenvalue weighted by Gasteiger charge is 2.32. The van der Waals surface area contributed by atoms with E-state index in [4.69, 9.17) is 15.2 Å². The highest BCUT2D eigenvalue weighted by Crippen LogP contribution is 2.37. The third-order valence-electron chi connectivity index (χ3n) is 3.35. The number of benzene rings is 1. The van der Waals surface area contributed by atoms with Crippen molar-refractivity contribution in [1.29, 1.82) is 0 Å². The van der Waals surface area contributed by atoms with Crippen molar-refractivity contribution >= 4 is 0 Å². The molecule has 0 bridgehead atoms. The Balaban J connectivity index is 2.31. The fourth-order valence-electron chi connectivity index (χ4n) is 2.32. The number of nitrogens with two attached hydrogens (primary N) is 1. The van der Waals surface area contributed by atoms with E-state index in [1.807, 2.05) is 32.9 Å². The number of hydrogen-bond donors (Lipinski definition) is 1. The Morgan fingerprint density at radius 3 is 2.94 bits per heavy atom. The number of hydrogen-bond acceptors (Lipinski definition) is 3. The first-order chi connectivity index (χ1) is 8.06. The first-order valence-corrected chi connectivity index (χ1v) is 6.20. The van der Waals surface area contributed by atoms with Crippen molar-refractivity contribution in [3.05, 3.63) is 29.3 Å². The van der Waals surface area contributed by atoms with E-state index < -0.39 is 0 Å². The fraction of sp³-hybridized carbons (Fsp3) is 0.571. The van der Waals surface area contributed by atoms with Crippen LogP contribution in [0.5, 0.6) is 5.75 Å². The molecule has 0 saturated heterocycles. The van der Waals surface area contributed by atoms with Crippen LogP contribution in [-0.2, 0) is 11.2 Å². The third-order valence-corrected chi connectivity index (χ3v) is 3.35. The summed E-state index contributed by atoms with van der Waals surface area (Å²) in [5, 5.41) is 0. The summed E-state index contributed by atoms with van der Waals surface area (Å²) in [5.41, 5.74) is 8.26. The van der Waals surface area contributed by atoms with Crippen LogP contribution in [0.25, 0.3) is 0 Å². The molecule has 0 aromatic heterocycles. The van der Waals surface area contributed by atoms with Gasteiger partial charge in [-0.05, 0) is 26.3 Å². The van der Waals surface area contributed by atoms with Gasteiger partial charge in [0.25, 0.3) is 0 Å². The molecule has 3 nitrogen and oxygen atoms in total. The molecule has 94 valence electrons. The highest BCUT2D eigenvalue weighted by molar-refractivity contribution is 5.46. The van der Waals surface area contributed by atoms with Gasteiger partial charge in [0.05, 0.1) is 18.2 Å². The molecule has 1 unspecified atom stereocenters. The Labute approximate surface area is 103 Å². The van der Waals surface area contributed by atoms with Gasteiger partial charge in [0.15, 0.2) is 0 Å². The summed E-state index contributed by atoms with van der Waals surface area (Å²) in [4.78, 5) is 0. The third kappa shape index (κ3) is 2.31. The van der Waals surface area contributed by atoms with Gasteiger partial charge < -0.3 is 15.2 Å². The zero-order chi connectivity index (χ0) is 12.5. The molecule has 1 aliphatic heterocycles. The van der Waals surface area contributed by atoms with Gasteiger partial charge >= 0.3 is 0 Å². The van der Waals surface area contributed by atoms with E-state index in [2.05, 4.69) is 6.07 Å². The smallest absolute Gasteiger partial charge is 0.127 e. The Morgan fingerprint density at radius 1 is 1.47 bits per heavy atom. The van der Waals surface area contributed by atoms with Gasteiger partial charge in [0.1, 0.15) is 5.75 Å². The van der Waals surface area contributed by atoms with Crippen molar-refractivity contribution in [2.45, 2.75) is 38.8 Å². The molecule has 17 heavy (non-hydrogen) atoms. The summed E-state index contributed by atoms with van der Waals surface area (Å²) >= 11 is 0. The summed E-state index contributed by atoms with van der Waals surface area (Å²) in [6.07, 6.45) is 0.977. The SMILES string of the molecule is CCOC(C)(C)C(N)c1cccc2c1OCC2. The molecule has 1 aliphatic rings. The van der Waals surface area contributed by atoms with E-state index in [-0.39, 0.29) is 11.6 Å². The van der Waals surface area contributed by atoms with E-state index in [1.165, 1.54) is 5.56 Å². The largest absolute Gasteiger partial charge is 0.493 e. The van der Waals surface area contributed by atoms with Crippen LogP contribution in [0, 0.1) is 0 Å². The second kappa shape index (κ2) is 4.67. The molecule has 2 rings (SSSR count). The lowest BCUT2D eigenvalue weighted by molar-refractivity contribution is -0.0302. The number of ether oxygens (including phenoxy) is 2. The Hall–Kier alpha value is -1.06. The number of rotatable bonds is 4. The molecule has 0 amide bonds. The summed E-state index contributed by atoms with van der Waals surface area (Å²) in [6, 6.07) is 6.02. The first-order valence-electron chi connectivity index (χ1n) is 6.20. The summed E-state index contributed by atoms with van der Waals surface area (Å²) in [6.45, 7) is 7.45. The zero-order valence-corrected chi connectivity index (χ0v) is 10.8. The summed E-state index contributed by atoms with van der Waals surface area (Å²) in [7, 11) is 0. The average Bonchev–Trinajstić information content (AvgIpc) is 2.75. The predicted molar refractivity (Wildman–Crippen MR) is 68.3 cm³/mol. The Bertz CT molecular complexity index is 401. The minimum absolute atomic E-state index is 0.171. The van der Waals surface area contributed by atoms with Crippen molar-refractivity contribution in [3.8, 4) is 5.75 Å². The molecule has 0 fully saturated rings. The van der Waals surface area contributed by atoms with Gasteiger partial charge in [-0.25, -0.2) is 0 Å². The maximum atomic E-state index is 6.33. The molecular formula is C14H21NO2. The molecule has 0 saturated carbocycles. The van der Waals surface area contributed by atoms with Crippen LogP contribution >= 0.6 is 0 Å². The molecule has 0 spiro atoms. The zero-order valence-electron chi connectivity index (χ0n) is 10.8. The van der Waals surface area contributed by atoms with Crippen molar-refractivity contribution in [3.63, 3.8) is 0 Å². The molecule has 1 aromatic carbocycles. The summed E-state index contributed by atoms with van der Waals surface area (Å²) in [5.74, 6) is 0.966. The van der Waals surface area contributed by atoms with Crippen molar-refractivity contribution < 1.29 is 9.47 Å². The number of para-hydroxylation sites is 1. The van der Waals surface area contributed by atoms with Gasteiger partial charge in [-0.3, -0.25) is 0 Å². The lowest BCUT2D eigenvalue weighted by Gasteiger charge is -2.32. The van der Waals surface area contributed by atoms with E-state index in [0.717, 1.165) is 24.3 Å². The van der Waals surface area contributed by atoms with E-state index in [0.29, 0.717) is 6.61 Å². The maximum absolute atomic E-state index is 6.33. The van der Waals surface area contributed by atoms with Gasteiger partial charge in [-0.1, -0.05) is 18.2 Å². The monoisotopic (exact) mass is 235 g/mol. The standard InChI is InChI=1S/C14H21NO2/c1-4-17-14(2,3)13(15)11-7-5-6-10-8-9-16-12(10)11/h5-7,13H,4,8-9,15H2,1-3H3. The molecule has 1 aromatic rings. The van der Waals surface area contributed by atoms with E-state index in [1.54, 1.807) is 0 Å². The quantitative estimate of drug-likeness (QED) is 0.871. The molecular weight excluding hydrogens is 214 g/mol. The minimum Gasteiger partial charge on any atom is -0.493 e. The number of fused-ring (bicyclic) bond motifs is 1. The van der Waals surface area contributed by atoms with Gasteiger partial charge in [-0.15, -0.1) is 0 Å². The van der Waals surface area contributed by atoms with Gasteiger partial charge in [0.2, 0.25) is 0 Å². The van der Waals surface area contributed by atoms with Crippen molar-refractivity contribution in [2.24, 2.45) is 5.73 Å². The van der Waals surface area contributed by atoms with Crippen LogP contribution in [0.1, 0.15) is 37.9 Å². The van der Waals surface area contributed by atoms with E-state index >= 15 is 0 Å².